The quantitative estimate of drug-likeness (QED) is 0.531. The van der Waals surface area contributed by atoms with Crippen molar-refractivity contribution in [3.05, 3.63) is 30.1 Å². The van der Waals surface area contributed by atoms with E-state index in [1.54, 1.807) is 32.3 Å². The lowest BCUT2D eigenvalue weighted by Crippen LogP contribution is -2.29. The fourth-order valence-corrected chi connectivity index (χ4v) is 5.56. The van der Waals surface area contributed by atoms with E-state index in [2.05, 4.69) is 4.98 Å². The molecule has 0 saturated heterocycles. The van der Waals surface area contributed by atoms with Gasteiger partial charge in [-0.2, -0.15) is 0 Å². The smallest absolute Gasteiger partial charge is 0.362 e. The fourth-order valence-electron chi connectivity index (χ4n) is 1.70. The van der Waals surface area contributed by atoms with Crippen LogP contribution in [-0.2, 0) is 18.0 Å². The van der Waals surface area contributed by atoms with Gasteiger partial charge in [0.05, 0.1) is 13.2 Å². The summed E-state index contributed by atoms with van der Waals surface area (Å²) in [7, 11) is -5.31. The Kier molecular flexibility index (Phi) is 6.55. The maximum Gasteiger partial charge on any atom is 0.362 e. The van der Waals surface area contributed by atoms with Crippen LogP contribution in [0.3, 0.4) is 0 Å². The third kappa shape index (κ3) is 5.11. The van der Waals surface area contributed by atoms with Crippen molar-refractivity contribution in [1.82, 2.24) is 4.98 Å². The van der Waals surface area contributed by atoms with Crippen molar-refractivity contribution in [2.45, 2.75) is 39.3 Å². The predicted molar refractivity (Wildman–Crippen MR) is 82.3 cm³/mol. The van der Waals surface area contributed by atoms with Gasteiger partial charge in [-0.25, -0.2) is 0 Å². The lowest BCUT2D eigenvalue weighted by atomic mass is 10.3. The van der Waals surface area contributed by atoms with Gasteiger partial charge in [0, 0.05) is 18.0 Å². The van der Waals surface area contributed by atoms with Crippen LogP contribution in [0.2, 0.25) is 19.6 Å². The van der Waals surface area contributed by atoms with Gasteiger partial charge in [-0.05, 0) is 39.6 Å². The normalized spacial score (nSPS) is 14.2. The summed E-state index contributed by atoms with van der Waals surface area (Å²) in [6, 6.07) is 3.63. The Morgan fingerprint density at radius 1 is 1.25 bits per heavy atom. The molecule has 0 aliphatic heterocycles. The van der Waals surface area contributed by atoms with Gasteiger partial charge in [0.2, 0.25) is 0 Å². The zero-order valence-electron chi connectivity index (χ0n) is 12.8. The molecule has 0 aliphatic rings. The van der Waals surface area contributed by atoms with Gasteiger partial charge in [0.15, 0.2) is 14.2 Å². The average molecular weight is 317 g/mol. The number of rotatable bonds is 8. The van der Waals surface area contributed by atoms with Crippen molar-refractivity contribution in [2.24, 2.45) is 0 Å². The molecule has 1 aromatic rings. The van der Waals surface area contributed by atoms with Crippen molar-refractivity contribution in [3.8, 4) is 0 Å². The Morgan fingerprint density at radius 2 is 1.85 bits per heavy atom. The second kappa shape index (κ2) is 7.48. The summed E-state index contributed by atoms with van der Waals surface area (Å²) in [6.45, 7) is 10.3. The van der Waals surface area contributed by atoms with Crippen molar-refractivity contribution in [3.63, 3.8) is 0 Å². The first-order valence-electron chi connectivity index (χ1n) is 6.79. The minimum Gasteiger partial charge on any atom is -0.400 e. The molecule has 0 N–H and O–H groups in total. The van der Waals surface area contributed by atoms with Gasteiger partial charge in [0.25, 0.3) is 0 Å². The van der Waals surface area contributed by atoms with E-state index in [-0.39, 0.29) is 0 Å². The Morgan fingerprint density at radius 3 is 2.25 bits per heavy atom. The van der Waals surface area contributed by atoms with Crippen LogP contribution in [0.25, 0.3) is 0 Å². The molecule has 0 amide bonds. The first-order valence-corrected chi connectivity index (χ1v) is 11.8. The summed E-state index contributed by atoms with van der Waals surface area (Å²) in [5.74, 6) is -0.720. The molecule has 0 bridgehead atoms. The second-order valence-corrected chi connectivity index (χ2v) is 11.8. The minimum atomic E-state index is -3.38. The van der Waals surface area contributed by atoms with Crippen LogP contribution >= 0.6 is 7.60 Å². The van der Waals surface area contributed by atoms with E-state index < -0.39 is 21.8 Å². The van der Waals surface area contributed by atoms with Gasteiger partial charge < -0.3 is 13.5 Å². The molecule has 0 fully saturated rings. The van der Waals surface area contributed by atoms with E-state index in [4.69, 9.17) is 13.5 Å². The van der Waals surface area contributed by atoms with Crippen LogP contribution in [-0.4, -0.2) is 26.5 Å². The molecule has 0 aliphatic carbocycles. The third-order valence-electron chi connectivity index (χ3n) is 2.34. The van der Waals surface area contributed by atoms with Crippen LogP contribution < -0.4 is 0 Å². The zero-order chi connectivity index (χ0) is 15.2. The monoisotopic (exact) mass is 317 g/mol. The fraction of sp³-hybridized carbons (Fsp3) is 0.615. The highest BCUT2D eigenvalue weighted by Gasteiger charge is 2.40. The standard InChI is InChI=1S/C13H24NO4PSi/c1-6-16-19(15,17-7-2)13(18-20(3,4)5)12-9-8-10-14-11-12/h8-11,13H,6-7H2,1-5H3/t13-/m0/s1. The van der Waals surface area contributed by atoms with Crippen LogP contribution in [0.15, 0.2) is 24.5 Å². The molecule has 5 nitrogen and oxygen atoms in total. The Hall–Kier alpha value is -0.523. The molecule has 0 saturated carbocycles. The maximum absolute atomic E-state index is 13.0. The second-order valence-electron chi connectivity index (χ2n) is 5.24. The number of pyridine rings is 1. The molecule has 0 unspecified atom stereocenters. The molecule has 1 heterocycles. The van der Waals surface area contributed by atoms with Crippen molar-refractivity contribution >= 4 is 15.9 Å². The van der Waals surface area contributed by atoms with E-state index in [1.807, 2.05) is 25.7 Å². The summed E-state index contributed by atoms with van der Waals surface area (Å²) in [5, 5.41) is 0. The molecule has 1 aromatic heterocycles. The predicted octanol–water partition coefficient (Wildman–Crippen LogP) is 4.20. The molecule has 114 valence electrons. The maximum atomic E-state index is 13.0. The van der Waals surface area contributed by atoms with E-state index in [0.29, 0.717) is 13.2 Å². The molecular formula is C13H24NO4PSi. The minimum absolute atomic E-state index is 0.309. The largest absolute Gasteiger partial charge is 0.400 e. The summed E-state index contributed by atoms with van der Waals surface area (Å²) in [5.41, 5.74) is 0.722. The Bertz CT molecular complexity index is 439. The number of hydrogen-bond acceptors (Lipinski definition) is 5. The van der Waals surface area contributed by atoms with E-state index in [1.165, 1.54) is 0 Å². The molecule has 20 heavy (non-hydrogen) atoms. The van der Waals surface area contributed by atoms with Gasteiger partial charge in [-0.1, -0.05) is 6.07 Å². The molecular weight excluding hydrogens is 293 g/mol. The zero-order valence-corrected chi connectivity index (χ0v) is 14.7. The van der Waals surface area contributed by atoms with E-state index in [9.17, 15) is 4.57 Å². The van der Waals surface area contributed by atoms with Crippen LogP contribution in [0, 0.1) is 0 Å². The summed E-state index contributed by atoms with van der Waals surface area (Å²) in [4.78, 5) is 4.07. The molecule has 0 spiro atoms. The van der Waals surface area contributed by atoms with Gasteiger partial charge in [-0.15, -0.1) is 0 Å². The highest BCUT2D eigenvalue weighted by Crippen LogP contribution is 2.62. The summed E-state index contributed by atoms with van der Waals surface area (Å²) < 4.78 is 30.0. The first kappa shape index (κ1) is 17.5. The topological polar surface area (TPSA) is 57.7 Å². The van der Waals surface area contributed by atoms with Crippen LogP contribution in [0.1, 0.15) is 25.3 Å². The Labute approximate surface area is 122 Å². The SMILES string of the molecule is CCOP(=O)(OCC)[C@H](O[Si](C)(C)C)c1cccnc1. The molecule has 1 atom stereocenters. The van der Waals surface area contributed by atoms with Gasteiger partial charge in [-0.3, -0.25) is 9.55 Å². The van der Waals surface area contributed by atoms with E-state index >= 15 is 0 Å². The number of aromatic nitrogens is 1. The Balaban J connectivity index is 3.18. The number of hydrogen-bond donors (Lipinski definition) is 0. The van der Waals surface area contributed by atoms with Gasteiger partial charge >= 0.3 is 7.60 Å². The van der Waals surface area contributed by atoms with Crippen molar-refractivity contribution in [1.29, 1.82) is 0 Å². The summed E-state index contributed by atoms with van der Waals surface area (Å²) in [6.07, 6.45) is 3.32. The first-order chi connectivity index (χ1) is 9.32. The average Bonchev–Trinajstić information content (AvgIpc) is 2.36. The molecule has 7 heteroatoms. The lowest BCUT2D eigenvalue weighted by molar-refractivity contribution is 0.158. The number of nitrogens with zero attached hydrogens (tertiary/aromatic N) is 1. The molecule has 1 rings (SSSR count). The lowest BCUT2D eigenvalue weighted by Gasteiger charge is -2.31. The summed E-state index contributed by atoms with van der Waals surface area (Å²) >= 11 is 0. The van der Waals surface area contributed by atoms with Crippen molar-refractivity contribution in [2.75, 3.05) is 13.2 Å². The van der Waals surface area contributed by atoms with E-state index in [0.717, 1.165) is 5.56 Å². The molecule has 0 aromatic carbocycles. The highest BCUT2D eigenvalue weighted by atomic mass is 31.2. The van der Waals surface area contributed by atoms with Crippen molar-refractivity contribution < 1.29 is 18.0 Å². The van der Waals surface area contributed by atoms with Gasteiger partial charge in [0.1, 0.15) is 0 Å². The molecule has 0 radical (unpaired) electrons. The van der Waals surface area contributed by atoms with Crippen LogP contribution in [0.5, 0.6) is 0 Å². The third-order valence-corrected chi connectivity index (χ3v) is 5.70. The highest BCUT2D eigenvalue weighted by molar-refractivity contribution is 7.54. The van der Waals surface area contributed by atoms with Crippen LogP contribution in [0.4, 0.5) is 0 Å².